The molecule has 2 unspecified atom stereocenters. The van der Waals surface area contributed by atoms with Gasteiger partial charge in [0.25, 0.3) is 0 Å². The summed E-state index contributed by atoms with van der Waals surface area (Å²) < 4.78 is 24.8. The molecule has 0 bridgehead atoms. The molecule has 1 aliphatic heterocycles. The number of ether oxygens (including phenoxy) is 2. The third-order valence-corrected chi connectivity index (χ3v) is 6.52. The number of carbonyl (C=O) groups is 1. The van der Waals surface area contributed by atoms with Crippen LogP contribution in [-0.2, 0) is 11.2 Å². The number of benzene rings is 1. The summed E-state index contributed by atoms with van der Waals surface area (Å²) in [5.41, 5.74) is 0.165. The zero-order chi connectivity index (χ0) is 23.1. The Morgan fingerprint density at radius 3 is 2.50 bits per heavy atom. The number of carboxylic acids is 1. The number of carboxylic acid groups (broad SMARTS) is 1. The third-order valence-electron chi connectivity index (χ3n) is 6.52. The number of hydrogen-bond acceptors (Lipinski definition) is 6. The van der Waals surface area contributed by atoms with Crippen molar-refractivity contribution >= 4 is 11.9 Å². The van der Waals surface area contributed by atoms with Crippen molar-refractivity contribution in [2.75, 3.05) is 31.7 Å². The summed E-state index contributed by atoms with van der Waals surface area (Å²) in [5, 5.41) is 8.80. The molecule has 0 amide bonds. The average molecular weight is 446 g/mol. The monoisotopic (exact) mass is 445 g/mol. The van der Waals surface area contributed by atoms with E-state index in [-0.39, 0.29) is 12.0 Å². The fourth-order valence-electron chi connectivity index (χ4n) is 4.22. The Bertz CT molecular complexity index is 885. The molecule has 0 aliphatic carbocycles. The first-order valence-electron chi connectivity index (χ1n) is 11.1. The van der Waals surface area contributed by atoms with Crippen molar-refractivity contribution < 1.29 is 23.8 Å². The maximum absolute atomic E-state index is 14.0. The van der Waals surface area contributed by atoms with Gasteiger partial charge < -0.3 is 19.5 Å². The first-order valence-corrected chi connectivity index (χ1v) is 11.1. The van der Waals surface area contributed by atoms with Gasteiger partial charge in [0.15, 0.2) is 5.75 Å². The van der Waals surface area contributed by atoms with E-state index in [2.05, 4.69) is 28.7 Å². The highest BCUT2D eigenvalue weighted by molar-refractivity contribution is 5.70. The van der Waals surface area contributed by atoms with Crippen LogP contribution in [0.3, 0.4) is 0 Å². The van der Waals surface area contributed by atoms with Crippen molar-refractivity contribution in [2.45, 2.75) is 39.5 Å². The maximum Gasteiger partial charge on any atom is 0.307 e. The van der Waals surface area contributed by atoms with E-state index in [1.54, 1.807) is 25.6 Å². The summed E-state index contributed by atoms with van der Waals surface area (Å²) in [6, 6.07) is 4.38. The van der Waals surface area contributed by atoms with Gasteiger partial charge in [0.1, 0.15) is 11.6 Å². The summed E-state index contributed by atoms with van der Waals surface area (Å²) in [6.07, 6.45) is 6.14. The van der Waals surface area contributed by atoms with Crippen LogP contribution in [0.2, 0.25) is 0 Å². The minimum absolute atomic E-state index is 0.165. The lowest BCUT2D eigenvalue weighted by Gasteiger charge is -2.37. The second-order valence-electron chi connectivity index (χ2n) is 8.54. The predicted octanol–water partition coefficient (Wildman–Crippen LogP) is 4.21. The number of methoxy groups -OCH3 is 1. The SMILES string of the molecule is COc1cnc(N2CCC(C(C)C(C)CCOc3ccc(CC(=O)O)c(F)c3)CC2)nc1. The van der Waals surface area contributed by atoms with Crippen molar-refractivity contribution in [3.8, 4) is 11.5 Å². The molecule has 174 valence electrons. The topological polar surface area (TPSA) is 84.8 Å². The summed E-state index contributed by atoms with van der Waals surface area (Å²) in [6.45, 7) is 6.92. The van der Waals surface area contributed by atoms with Gasteiger partial charge in [0.05, 0.1) is 32.5 Å². The molecular weight excluding hydrogens is 413 g/mol. The van der Waals surface area contributed by atoms with E-state index in [1.165, 1.54) is 12.1 Å². The van der Waals surface area contributed by atoms with Gasteiger partial charge in [0, 0.05) is 19.2 Å². The van der Waals surface area contributed by atoms with Crippen LogP contribution >= 0.6 is 0 Å². The highest BCUT2D eigenvalue weighted by atomic mass is 19.1. The van der Waals surface area contributed by atoms with Gasteiger partial charge in [-0.2, -0.15) is 0 Å². The quantitative estimate of drug-likeness (QED) is 0.586. The minimum atomic E-state index is -1.05. The largest absolute Gasteiger partial charge is 0.494 e. The van der Waals surface area contributed by atoms with Gasteiger partial charge in [-0.1, -0.05) is 19.9 Å². The fraction of sp³-hybridized carbons (Fsp3) is 0.542. The molecule has 2 atom stereocenters. The van der Waals surface area contributed by atoms with E-state index in [9.17, 15) is 9.18 Å². The van der Waals surface area contributed by atoms with E-state index < -0.39 is 11.8 Å². The maximum atomic E-state index is 14.0. The molecule has 1 aliphatic rings. The minimum Gasteiger partial charge on any atom is -0.494 e. The molecule has 7 nitrogen and oxygen atoms in total. The van der Waals surface area contributed by atoms with Gasteiger partial charge in [-0.05, 0) is 48.6 Å². The summed E-state index contributed by atoms with van der Waals surface area (Å²) in [7, 11) is 1.60. The van der Waals surface area contributed by atoms with Crippen molar-refractivity contribution in [3.63, 3.8) is 0 Å². The molecule has 1 fully saturated rings. The van der Waals surface area contributed by atoms with Gasteiger partial charge in [-0.15, -0.1) is 0 Å². The molecule has 2 heterocycles. The van der Waals surface area contributed by atoms with Crippen LogP contribution in [0.1, 0.15) is 38.7 Å². The van der Waals surface area contributed by atoms with Gasteiger partial charge in [-0.3, -0.25) is 4.79 Å². The van der Waals surface area contributed by atoms with E-state index in [0.29, 0.717) is 35.9 Å². The zero-order valence-corrected chi connectivity index (χ0v) is 19.0. The van der Waals surface area contributed by atoms with Crippen molar-refractivity contribution in [2.24, 2.45) is 17.8 Å². The zero-order valence-electron chi connectivity index (χ0n) is 19.0. The van der Waals surface area contributed by atoms with Crippen molar-refractivity contribution in [1.29, 1.82) is 0 Å². The number of hydrogen-bond donors (Lipinski definition) is 1. The Balaban J connectivity index is 1.42. The average Bonchev–Trinajstić information content (AvgIpc) is 2.80. The number of nitrogens with zero attached hydrogens (tertiary/aromatic N) is 3. The lowest BCUT2D eigenvalue weighted by atomic mass is 9.77. The second kappa shape index (κ2) is 11.1. The summed E-state index contributed by atoms with van der Waals surface area (Å²) in [5.74, 6) is 1.90. The molecule has 0 saturated carbocycles. The number of aromatic nitrogens is 2. The van der Waals surface area contributed by atoms with E-state index in [1.807, 2.05) is 0 Å². The molecule has 1 aromatic heterocycles. The van der Waals surface area contributed by atoms with Crippen LogP contribution in [0, 0.1) is 23.6 Å². The Morgan fingerprint density at radius 2 is 1.91 bits per heavy atom. The number of rotatable bonds is 10. The fourth-order valence-corrected chi connectivity index (χ4v) is 4.22. The van der Waals surface area contributed by atoms with Gasteiger partial charge in [-0.25, -0.2) is 14.4 Å². The summed E-state index contributed by atoms with van der Waals surface area (Å²) in [4.78, 5) is 21.8. The highest BCUT2D eigenvalue weighted by Gasteiger charge is 2.28. The molecule has 1 saturated heterocycles. The van der Waals surface area contributed by atoms with Gasteiger partial charge in [0.2, 0.25) is 5.95 Å². The molecular formula is C24H32FN3O4. The van der Waals surface area contributed by atoms with Crippen LogP contribution in [0.25, 0.3) is 0 Å². The number of aliphatic carboxylic acids is 1. The standard InChI is InChI=1S/C24H32FN3O4/c1-16(8-11-32-20-5-4-19(12-23(29)30)22(25)13-20)17(2)18-6-9-28(10-7-18)24-26-14-21(31-3)15-27-24/h4-5,13-18H,6-12H2,1-3H3,(H,29,30). The normalized spacial score (nSPS) is 16.4. The van der Waals surface area contributed by atoms with Gasteiger partial charge >= 0.3 is 5.97 Å². The Labute approximate surface area is 188 Å². The Hall–Kier alpha value is -2.90. The molecule has 0 spiro atoms. The van der Waals surface area contributed by atoms with E-state index in [4.69, 9.17) is 14.6 Å². The van der Waals surface area contributed by atoms with Crippen LogP contribution in [0.5, 0.6) is 11.5 Å². The first kappa shape index (κ1) is 23.8. The molecule has 0 radical (unpaired) electrons. The van der Waals surface area contributed by atoms with E-state index >= 15 is 0 Å². The molecule has 32 heavy (non-hydrogen) atoms. The van der Waals surface area contributed by atoms with E-state index in [0.717, 1.165) is 38.3 Å². The Morgan fingerprint density at radius 1 is 1.22 bits per heavy atom. The molecule has 8 heteroatoms. The number of anilines is 1. The first-order chi connectivity index (χ1) is 15.4. The summed E-state index contributed by atoms with van der Waals surface area (Å²) >= 11 is 0. The molecule has 1 N–H and O–H groups in total. The lowest BCUT2D eigenvalue weighted by molar-refractivity contribution is -0.136. The van der Waals surface area contributed by atoms with Crippen LogP contribution in [0.15, 0.2) is 30.6 Å². The highest BCUT2D eigenvalue weighted by Crippen LogP contribution is 2.32. The van der Waals surface area contributed by atoms with Crippen molar-refractivity contribution in [1.82, 2.24) is 9.97 Å². The Kier molecular flexibility index (Phi) is 8.25. The predicted molar refractivity (Wildman–Crippen MR) is 120 cm³/mol. The third kappa shape index (κ3) is 6.31. The molecule has 1 aromatic carbocycles. The number of piperidine rings is 1. The van der Waals surface area contributed by atoms with Crippen molar-refractivity contribution in [3.05, 3.63) is 42.0 Å². The number of halogens is 1. The molecule has 3 rings (SSSR count). The van der Waals surface area contributed by atoms with Crippen LogP contribution in [-0.4, -0.2) is 47.8 Å². The van der Waals surface area contributed by atoms with Crippen LogP contribution < -0.4 is 14.4 Å². The lowest BCUT2D eigenvalue weighted by Crippen LogP contribution is -2.37. The van der Waals surface area contributed by atoms with Crippen LogP contribution in [0.4, 0.5) is 10.3 Å². The molecule has 2 aromatic rings. The smallest absolute Gasteiger partial charge is 0.307 e. The second-order valence-corrected chi connectivity index (χ2v) is 8.54.